The van der Waals surface area contributed by atoms with Crippen molar-refractivity contribution in [1.29, 1.82) is 0 Å². The van der Waals surface area contributed by atoms with Gasteiger partial charge in [0.2, 0.25) is 0 Å². The molecule has 3 aromatic rings. The van der Waals surface area contributed by atoms with Crippen molar-refractivity contribution in [2.24, 2.45) is 0 Å². The van der Waals surface area contributed by atoms with E-state index in [2.05, 4.69) is 15.3 Å². The van der Waals surface area contributed by atoms with Crippen LogP contribution in [0.1, 0.15) is 10.4 Å². The van der Waals surface area contributed by atoms with E-state index in [1.54, 1.807) is 60.9 Å². The number of rotatable bonds is 5. The van der Waals surface area contributed by atoms with Crippen LogP contribution in [0.4, 0.5) is 5.69 Å². The Kier molecular flexibility index (Phi) is 5.11. The summed E-state index contributed by atoms with van der Waals surface area (Å²) in [4.78, 5) is 30.9. The van der Waals surface area contributed by atoms with E-state index in [1.165, 1.54) is 0 Å². The molecule has 3 rings (SSSR count). The van der Waals surface area contributed by atoms with Crippen molar-refractivity contribution < 1.29 is 14.3 Å². The summed E-state index contributed by atoms with van der Waals surface area (Å²) in [5.41, 5.74) is 1.78. The molecule has 126 valence electrons. The van der Waals surface area contributed by atoms with Crippen molar-refractivity contribution in [3.63, 3.8) is 0 Å². The first-order valence-corrected chi connectivity index (χ1v) is 7.82. The number of anilines is 1. The number of imidazole rings is 1. The van der Waals surface area contributed by atoms with Crippen molar-refractivity contribution in [3.8, 4) is 11.4 Å². The predicted octanol–water partition coefficient (Wildman–Crippen LogP) is 3.53. The van der Waals surface area contributed by atoms with Gasteiger partial charge < -0.3 is 15.0 Å². The van der Waals surface area contributed by atoms with E-state index in [9.17, 15) is 9.59 Å². The highest BCUT2D eigenvalue weighted by molar-refractivity contribution is 6.30. The first-order chi connectivity index (χ1) is 12.1. The molecular formula is C18H14ClN3O3. The Morgan fingerprint density at radius 1 is 1.08 bits per heavy atom. The van der Waals surface area contributed by atoms with Crippen molar-refractivity contribution in [2.45, 2.75) is 0 Å². The minimum Gasteiger partial charge on any atom is -0.452 e. The molecular weight excluding hydrogens is 342 g/mol. The third-order valence-corrected chi connectivity index (χ3v) is 3.61. The van der Waals surface area contributed by atoms with Gasteiger partial charge in [-0.25, -0.2) is 9.78 Å². The van der Waals surface area contributed by atoms with E-state index in [1.807, 2.05) is 0 Å². The molecule has 6 nitrogen and oxygen atoms in total. The molecule has 0 fully saturated rings. The summed E-state index contributed by atoms with van der Waals surface area (Å²) in [6, 6.07) is 13.4. The zero-order valence-corrected chi connectivity index (χ0v) is 13.8. The molecule has 0 saturated heterocycles. The average Bonchev–Trinajstić information content (AvgIpc) is 3.16. The normalized spacial score (nSPS) is 10.3. The van der Waals surface area contributed by atoms with Crippen molar-refractivity contribution in [1.82, 2.24) is 9.97 Å². The molecule has 0 aliphatic heterocycles. The first-order valence-electron chi connectivity index (χ1n) is 7.44. The summed E-state index contributed by atoms with van der Waals surface area (Å²) in [6.07, 6.45) is 3.37. The highest BCUT2D eigenvalue weighted by Gasteiger charge is 2.11. The second kappa shape index (κ2) is 7.63. The van der Waals surface area contributed by atoms with Crippen LogP contribution in [0.5, 0.6) is 0 Å². The maximum atomic E-state index is 12.0. The topological polar surface area (TPSA) is 84.1 Å². The largest absolute Gasteiger partial charge is 0.452 e. The zero-order valence-electron chi connectivity index (χ0n) is 13.0. The van der Waals surface area contributed by atoms with E-state index < -0.39 is 11.9 Å². The van der Waals surface area contributed by atoms with E-state index in [0.717, 1.165) is 5.56 Å². The summed E-state index contributed by atoms with van der Waals surface area (Å²) in [5, 5.41) is 3.19. The van der Waals surface area contributed by atoms with Gasteiger partial charge in [-0.1, -0.05) is 23.7 Å². The predicted molar refractivity (Wildman–Crippen MR) is 94.4 cm³/mol. The third kappa shape index (κ3) is 4.45. The third-order valence-electron chi connectivity index (χ3n) is 3.35. The fourth-order valence-corrected chi connectivity index (χ4v) is 2.26. The van der Waals surface area contributed by atoms with Crippen LogP contribution in [-0.4, -0.2) is 28.5 Å². The number of hydrogen-bond donors (Lipinski definition) is 2. The second-order valence-electron chi connectivity index (χ2n) is 5.15. The summed E-state index contributed by atoms with van der Waals surface area (Å²) < 4.78 is 5.02. The monoisotopic (exact) mass is 355 g/mol. The molecule has 1 heterocycles. The van der Waals surface area contributed by atoms with Crippen LogP contribution in [0.25, 0.3) is 11.4 Å². The number of carbonyl (C=O) groups excluding carboxylic acids is 2. The lowest BCUT2D eigenvalue weighted by molar-refractivity contribution is -0.119. The van der Waals surface area contributed by atoms with Crippen molar-refractivity contribution >= 4 is 29.2 Å². The molecule has 0 aliphatic rings. The number of nitrogens with one attached hydrogen (secondary N) is 2. The van der Waals surface area contributed by atoms with Gasteiger partial charge in [0.25, 0.3) is 5.91 Å². The van der Waals surface area contributed by atoms with Gasteiger partial charge in [0.05, 0.1) is 5.56 Å². The highest BCUT2D eigenvalue weighted by atomic mass is 35.5. The summed E-state index contributed by atoms with van der Waals surface area (Å²) in [5.74, 6) is -0.289. The molecule has 25 heavy (non-hydrogen) atoms. The van der Waals surface area contributed by atoms with Gasteiger partial charge >= 0.3 is 5.97 Å². The number of halogens is 1. The molecule has 0 aliphatic carbocycles. The van der Waals surface area contributed by atoms with Crippen LogP contribution in [0.15, 0.2) is 60.9 Å². The number of carbonyl (C=O) groups is 2. The summed E-state index contributed by atoms with van der Waals surface area (Å²) in [6.45, 7) is -0.374. The first kappa shape index (κ1) is 16.7. The van der Waals surface area contributed by atoms with Crippen LogP contribution in [0.2, 0.25) is 5.02 Å². The van der Waals surface area contributed by atoms with E-state index in [4.69, 9.17) is 16.3 Å². The molecule has 0 saturated carbocycles. The molecule has 0 unspecified atom stereocenters. The zero-order chi connectivity index (χ0) is 17.6. The van der Waals surface area contributed by atoms with E-state index in [0.29, 0.717) is 22.1 Å². The van der Waals surface area contributed by atoms with E-state index in [-0.39, 0.29) is 6.61 Å². The SMILES string of the molecule is O=C(COC(=O)c1ccc(-c2ncc[nH]2)cc1)Nc1ccc(Cl)cc1. The number of aromatic nitrogens is 2. The van der Waals surface area contributed by atoms with Gasteiger partial charge in [-0.2, -0.15) is 0 Å². The lowest BCUT2D eigenvalue weighted by atomic mass is 10.1. The lowest BCUT2D eigenvalue weighted by Gasteiger charge is -2.07. The Bertz CT molecular complexity index is 860. The fraction of sp³-hybridized carbons (Fsp3) is 0.0556. The highest BCUT2D eigenvalue weighted by Crippen LogP contribution is 2.16. The molecule has 2 aromatic carbocycles. The molecule has 0 radical (unpaired) electrons. The molecule has 2 N–H and O–H groups in total. The smallest absolute Gasteiger partial charge is 0.338 e. The lowest BCUT2D eigenvalue weighted by Crippen LogP contribution is -2.20. The molecule has 1 aromatic heterocycles. The Labute approximate surface area is 148 Å². The number of nitrogens with zero attached hydrogens (tertiary/aromatic N) is 1. The molecule has 1 amide bonds. The molecule has 0 bridgehead atoms. The van der Waals surface area contributed by atoms with E-state index >= 15 is 0 Å². The standard InChI is InChI=1S/C18H14ClN3O3/c19-14-5-7-15(8-6-14)22-16(23)11-25-18(24)13-3-1-12(2-4-13)17-20-9-10-21-17/h1-10H,11H2,(H,20,21)(H,22,23). The summed E-state index contributed by atoms with van der Waals surface area (Å²) >= 11 is 5.77. The second-order valence-corrected chi connectivity index (χ2v) is 5.58. The van der Waals surface area contributed by atoms with Crippen molar-refractivity contribution in [3.05, 3.63) is 71.5 Å². The maximum Gasteiger partial charge on any atom is 0.338 e. The number of aromatic amines is 1. The number of H-pyrrole nitrogens is 1. The molecule has 0 atom stereocenters. The van der Waals surface area contributed by atoms with Crippen molar-refractivity contribution in [2.75, 3.05) is 11.9 Å². The molecule has 0 spiro atoms. The van der Waals surface area contributed by atoms with Crippen LogP contribution < -0.4 is 5.32 Å². The van der Waals surface area contributed by atoms with Gasteiger partial charge in [-0.05, 0) is 36.4 Å². The quantitative estimate of drug-likeness (QED) is 0.686. The Morgan fingerprint density at radius 2 is 1.80 bits per heavy atom. The Morgan fingerprint density at radius 3 is 2.44 bits per heavy atom. The average molecular weight is 356 g/mol. The van der Waals surface area contributed by atoms with Crippen LogP contribution in [-0.2, 0) is 9.53 Å². The number of ether oxygens (including phenoxy) is 1. The van der Waals surface area contributed by atoms with Gasteiger partial charge in [0.15, 0.2) is 6.61 Å². The Hall–Kier alpha value is -3.12. The van der Waals surface area contributed by atoms with Gasteiger partial charge in [0, 0.05) is 28.7 Å². The summed E-state index contributed by atoms with van der Waals surface area (Å²) in [7, 11) is 0. The number of benzene rings is 2. The number of amides is 1. The Balaban J connectivity index is 1.53. The minimum atomic E-state index is -0.572. The van der Waals surface area contributed by atoms with Crippen LogP contribution in [0.3, 0.4) is 0 Å². The fourth-order valence-electron chi connectivity index (χ4n) is 2.13. The minimum absolute atomic E-state index is 0.356. The van der Waals surface area contributed by atoms with Gasteiger partial charge in [-0.15, -0.1) is 0 Å². The molecule has 7 heteroatoms. The van der Waals surface area contributed by atoms with Gasteiger partial charge in [-0.3, -0.25) is 4.79 Å². The number of hydrogen-bond acceptors (Lipinski definition) is 4. The van der Waals surface area contributed by atoms with Crippen LogP contribution in [0, 0.1) is 0 Å². The maximum absolute atomic E-state index is 12.0. The number of esters is 1. The van der Waals surface area contributed by atoms with Gasteiger partial charge in [0.1, 0.15) is 5.82 Å². The van der Waals surface area contributed by atoms with Crippen LogP contribution >= 0.6 is 11.6 Å².